The fourth-order valence-electron chi connectivity index (χ4n) is 3.27. The lowest BCUT2D eigenvalue weighted by molar-refractivity contribution is 0.0650. The molecule has 1 amide bonds. The summed E-state index contributed by atoms with van der Waals surface area (Å²) in [4.78, 5) is 17.0. The second-order valence-electron chi connectivity index (χ2n) is 6.93. The van der Waals surface area contributed by atoms with Gasteiger partial charge in [0.15, 0.2) is 0 Å². The van der Waals surface area contributed by atoms with Crippen molar-refractivity contribution in [2.45, 2.75) is 11.8 Å². The first-order chi connectivity index (χ1) is 14.0. The van der Waals surface area contributed by atoms with E-state index >= 15 is 0 Å². The molecule has 3 rings (SSSR count). The van der Waals surface area contributed by atoms with Crippen LogP contribution in [-0.2, 0) is 10.0 Å². The zero-order valence-corrected chi connectivity index (χ0v) is 17.4. The van der Waals surface area contributed by atoms with Crippen molar-refractivity contribution in [3.63, 3.8) is 0 Å². The Kier molecular flexibility index (Phi) is 7.19. The summed E-state index contributed by atoms with van der Waals surface area (Å²) >= 11 is 0. The Balaban J connectivity index is 1.51. The molecule has 1 aliphatic heterocycles. The summed E-state index contributed by atoms with van der Waals surface area (Å²) in [6.07, 6.45) is 4.26. The molecular formula is C22H27N3O3S. The summed E-state index contributed by atoms with van der Waals surface area (Å²) in [7, 11) is -3.50. The van der Waals surface area contributed by atoms with Gasteiger partial charge in [0.25, 0.3) is 5.91 Å². The number of carbonyl (C=O) groups excluding carboxylic acids is 1. The van der Waals surface area contributed by atoms with Gasteiger partial charge in [-0.3, -0.25) is 9.69 Å². The molecule has 154 valence electrons. The molecule has 0 saturated carbocycles. The number of hydrogen-bond donors (Lipinski definition) is 1. The Morgan fingerprint density at radius 2 is 1.66 bits per heavy atom. The molecule has 1 saturated heterocycles. The molecule has 0 spiro atoms. The fourth-order valence-corrected chi connectivity index (χ4v) is 4.31. The average molecular weight is 414 g/mol. The molecule has 0 bridgehead atoms. The summed E-state index contributed by atoms with van der Waals surface area (Å²) in [5.41, 5.74) is 1.69. The van der Waals surface area contributed by atoms with Crippen molar-refractivity contribution in [1.29, 1.82) is 0 Å². The van der Waals surface area contributed by atoms with Crippen LogP contribution in [0.25, 0.3) is 6.08 Å². The van der Waals surface area contributed by atoms with Gasteiger partial charge in [0.2, 0.25) is 10.0 Å². The van der Waals surface area contributed by atoms with Gasteiger partial charge in [-0.1, -0.05) is 49.4 Å². The smallest absolute Gasteiger partial charge is 0.253 e. The maximum Gasteiger partial charge on any atom is 0.253 e. The largest absolute Gasteiger partial charge is 0.336 e. The lowest BCUT2D eigenvalue weighted by Crippen LogP contribution is -2.48. The standard InChI is InChI=1S/C22H27N3O3S/c1-2-23-29(27,28)21-12-10-20(11-13-21)22(26)25-17-15-24(16-18-25)14-6-9-19-7-4-3-5-8-19/h3-13,23H,2,14-18H2,1H3. The van der Waals surface area contributed by atoms with E-state index in [0.29, 0.717) is 25.2 Å². The van der Waals surface area contributed by atoms with Crippen LogP contribution in [-0.4, -0.2) is 63.4 Å². The third-order valence-corrected chi connectivity index (χ3v) is 6.44. The van der Waals surface area contributed by atoms with E-state index in [-0.39, 0.29) is 10.8 Å². The predicted octanol–water partition coefficient (Wildman–Crippen LogP) is 2.46. The van der Waals surface area contributed by atoms with Crippen LogP contribution in [0.3, 0.4) is 0 Å². The molecule has 0 aliphatic carbocycles. The first-order valence-electron chi connectivity index (χ1n) is 9.82. The van der Waals surface area contributed by atoms with Crippen molar-refractivity contribution < 1.29 is 13.2 Å². The van der Waals surface area contributed by atoms with E-state index in [1.165, 1.54) is 17.7 Å². The van der Waals surface area contributed by atoms with Gasteiger partial charge in [-0.2, -0.15) is 0 Å². The average Bonchev–Trinajstić information content (AvgIpc) is 2.75. The second-order valence-corrected chi connectivity index (χ2v) is 8.70. The van der Waals surface area contributed by atoms with Crippen LogP contribution >= 0.6 is 0 Å². The van der Waals surface area contributed by atoms with Gasteiger partial charge in [-0.25, -0.2) is 13.1 Å². The molecule has 7 heteroatoms. The minimum atomic E-state index is -3.50. The van der Waals surface area contributed by atoms with Crippen LogP contribution in [0.1, 0.15) is 22.8 Å². The van der Waals surface area contributed by atoms with Gasteiger partial charge in [0, 0.05) is 44.8 Å². The maximum atomic E-state index is 12.7. The zero-order valence-electron chi connectivity index (χ0n) is 16.6. The Morgan fingerprint density at radius 1 is 1.00 bits per heavy atom. The number of nitrogens with zero attached hydrogens (tertiary/aromatic N) is 2. The minimum absolute atomic E-state index is 0.0584. The van der Waals surface area contributed by atoms with Crippen molar-refractivity contribution in [2.75, 3.05) is 39.3 Å². The number of benzene rings is 2. The molecule has 1 heterocycles. The first kappa shape index (κ1) is 21.2. The molecule has 1 aliphatic rings. The Bertz CT molecular complexity index is 933. The third-order valence-electron chi connectivity index (χ3n) is 4.88. The first-order valence-corrected chi connectivity index (χ1v) is 11.3. The van der Waals surface area contributed by atoms with Gasteiger partial charge < -0.3 is 4.90 Å². The number of hydrogen-bond acceptors (Lipinski definition) is 4. The Labute approximate surface area is 172 Å². The SMILES string of the molecule is CCNS(=O)(=O)c1ccc(C(=O)N2CCN(CC=Cc3ccccc3)CC2)cc1. The molecule has 2 aromatic rings. The molecular weight excluding hydrogens is 386 g/mol. The predicted molar refractivity (Wildman–Crippen MR) is 115 cm³/mol. The highest BCUT2D eigenvalue weighted by Gasteiger charge is 2.22. The summed E-state index contributed by atoms with van der Waals surface area (Å²) in [6, 6.07) is 16.3. The third kappa shape index (κ3) is 5.76. The van der Waals surface area contributed by atoms with E-state index < -0.39 is 10.0 Å². The number of carbonyl (C=O) groups is 1. The Morgan fingerprint density at radius 3 is 2.28 bits per heavy atom. The van der Waals surface area contributed by atoms with E-state index in [4.69, 9.17) is 0 Å². The number of piperazine rings is 1. The molecule has 1 fully saturated rings. The summed E-state index contributed by atoms with van der Waals surface area (Å²) in [6.45, 7) is 5.87. The van der Waals surface area contributed by atoms with Crippen molar-refractivity contribution in [3.05, 3.63) is 71.8 Å². The summed E-state index contributed by atoms with van der Waals surface area (Å²) in [5.74, 6) is -0.0584. The zero-order chi connectivity index (χ0) is 20.7. The number of rotatable bonds is 7. The van der Waals surface area contributed by atoms with Crippen LogP contribution in [0.5, 0.6) is 0 Å². The van der Waals surface area contributed by atoms with Crippen molar-refractivity contribution in [1.82, 2.24) is 14.5 Å². The van der Waals surface area contributed by atoms with Crippen molar-refractivity contribution in [2.24, 2.45) is 0 Å². The topological polar surface area (TPSA) is 69.7 Å². The summed E-state index contributed by atoms with van der Waals surface area (Å²) in [5, 5.41) is 0. The van der Waals surface area contributed by atoms with Crippen molar-refractivity contribution >= 4 is 22.0 Å². The molecule has 2 aromatic carbocycles. The highest BCUT2D eigenvalue weighted by atomic mass is 32.2. The van der Waals surface area contributed by atoms with E-state index in [2.05, 4.69) is 33.9 Å². The van der Waals surface area contributed by atoms with Crippen molar-refractivity contribution in [3.8, 4) is 0 Å². The van der Waals surface area contributed by atoms with Crippen LogP contribution < -0.4 is 4.72 Å². The van der Waals surface area contributed by atoms with Crippen LogP contribution in [0.4, 0.5) is 0 Å². The molecule has 0 radical (unpaired) electrons. The molecule has 0 aromatic heterocycles. The van der Waals surface area contributed by atoms with Gasteiger partial charge >= 0.3 is 0 Å². The number of nitrogens with one attached hydrogen (secondary N) is 1. The maximum absolute atomic E-state index is 12.7. The van der Waals surface area contributed by atoms with Crippen LogP contribution in [0.15, 0.2) is 65.6 Å². The van der Waals surface area contributed by atoms with Crippen LogP contribution in [0, 0.1) is 0 Å². The van der Waals surface area contributed by atoms with E-state index in [0.717, 1.165) is 19.6 Å². The van der Waals surface area contributed by atoms with Gasteiger partial charge in [0.1, 0.15) is 0 Å². The number of amides is 1. The van der Waals surface area contributed by atoms with E-state index in [9.17, 15) is 13.2 Å². The highest BCUT2D eigenvalue weighted by Crippen LogP contribution is 2.14. The molecule has 29 heavy (non-hydrogen) atoms. The second kappa shape index (κ2) is 9.82. The van der Waals surface area contributed by atoms with E-state index in [1.54, 1.807) is 19.1 Å². The highest BCUT2D eigenvalue weighted by molar-refractivity contribution is 7.89. The normalized spacial score (nSPS) is 15.7. The van der Waals surface area contributed by atoms with Gasteiger partial charge in [-0.05, 0) is 29.8 Å². The summed E-state index contributed by atoms with van der Waals surface area (Å²) < 4.78 is 26.5. The lowest BCUT2D eigenvalue weighted by atomic mass is 10.2. The molecule has 0 atom stereocenters. The molecule has 0 unspecified atom stereocenters. The lowest BCUT2D eigenvalue weighted by Gasteiger charge is -2.34. The van der Waals surface area contributed by atoms with Gasteiger partial charge in [-0.15, -0.1) is 0 Å². The minimum Gasteiger partial charge on any atom is -0.336 e. The van der Waals surface area contributed by atoms with Crippen LogP contribution in [0.2, 0.25) is 0 Å². The number of sulfonamides is 1. The fraction of sp³-hybridized carbons (Fsp3) is 0.318. The van der Waals surface area contributed by atoms with E-state index in [1.807, 2.05) is 23.1 Å². The Hall–Kier alpha value is -2.48. The quantitative estimate of drug-likeness (QED) is 0.757. The molecule has 1 N–H and O–H groups in total. The monoisotopic (exact) mass is 413 g/mol. The molecule has 6 nitrogen and oxygen atoms in total. The van der Waals surface area contributed by atoms with Gasteiger partial charge in [0.05, 0.1) is 4.90 Å².